The van der Waals surface area contributed by atoms with Crippen LogP contribution in [-0.4, -0.2) is 72.1 Å². The molecule has 0 saturated carbocycles. The number of rotatable bonds is 5. The molecule has 2 fully saturated rings. The normalized spacial score (nSPS) is 18.6. The minimum atomic E-state index is -4.58. The van der Waals surface area contributed by atoms with Gasteiger partial charge in [-0.3, -0.25) is 0 Å². The van der Waals surface area contributed by atoms with Crippen LogP contribution in [0.2, 0.25) is 0 Å². The van der Waals surface area contributed by atoms with Gasteiger partial charge in [-0.15, -0.1) is 0 Å². The number of nitrogens with zero attached hydrogens (tertiary/aromatic N) is 5. The van der Waals surface area contributed by atoms with E-state index in [-0.39, 0.29) is 34.2 Å². The summed E-state index contributed by atoms with van der Waals surface area (Å²) in [5.41, 5.74) is 0.231. The molecule has 1 aromatic heterocycles. The highest BCUT2D eigenvalue weighted by Gasteiger charge is 2.38. The monoisotopic (exact) mass is 521 g/mol. The highest BCUT2D eigenvalue weighted by molar-refractivity contribution is 7.90. The van der Waals surface area contributed by atoms with Crippen molar-refractivity contribution < 1.29 is 30.8 Å². The predicted molar refractivity (Wildman–Crippen MR) is 117 cm³/mol. The molecule has 0 unspecified atom stereocenters. The quantitative estimate of drug-likeness (QED) is 0.561. The zero-order chi connectivity index (χ0) is 24.7. The van der Waals surface area contributed by atoms with E-state index in [1.165, 1.54) is 17.0 Å². The number of anilines is 1. The highest BCUT2D eigenvalue weighted by atomic mass is 32.2. The first kappa shape index (κ1) is 24.6. The number of hydrogen-bond donors (Lipinski definition) is 0. The van der Waals surface area contributed by atoms with Gasteiger partial charge in [-0.1, -0.05) is 6.07 Å². The van der Waals surface area contributed by atoms with E-state index in [0.717, 1.165) is 12.3 Å². The zero-order valence-corrected chi connectivity index (χ0v) is 19.9. The third-order valence-electron chi connectivity index (χ3n) is 6.00. The Morgan fingerprint density at radius 2 is 1.85 bits per heavy atom. The molecule has 0 N–H and O–H groups in total. The van der Waals surface area contributed by atoms with Gasteiger partial charge in [0.05, 0.1) is 11.4 Å². The number of aromatic nitrogens is 2. The fourth-order valence-corrected chi connectivity index (χ4v) is 5.58. The summed E-state index contributed by atoms with van der Waals surface area (Å²) in [7, 11) is -3.54. The summed E-state index contributed by atoms with van der Waals surface area (Å²) >= 11 is 0.709. The Kier molecular flexibility index (Phi) is 6.73. The van der Waals surface area contributed by atoms with Crippen LogP contribution in [0.3, 0.4) is 0 Å². The van der Waals surface area contributed by atoms with Crippen LogP contribution in [0.25, 0.3) is 0 Å². The molecule has 2 amide bonds. The Hall–Kier alpha value is -2.48. The Balaban J connectivity index is 1.38. The van der Waals surface area contributed by atoms with E-state index in [1.807, 2.05) is 0 Å². The second kappa shape index (κ2) is 9.29. The lowest BCUT2D eigenvalue weighted by atomic mass is 10.0. The summed E-state index contributed by atoms with van der Waals surface area (Å²) in [6, 6.07) is 3.36. The van der Waals surface area contributed by atoms with E-state index in [9.17, 15) is 30.8 Å². The van der Waals surface area contributed by atoms with Crippen molar-refractivity contribution in [2.75, 3.05) is 37.3 Å². The van der Waals surface area contributed by atoms with E-state index in [0.29, 0.717) is 57.0 Å². The highest BCUT2D eigenvalue weighted by Crippen LogP contribution is 2.32. The summed E-state index contributed by atoms with van der Waals surface area (Å²) in [6.07, 6.45) is -1.75. The van der Waals surface area contributed by atoms with Crippen molar-refractivity contribution in [3.63, 3.8) is 0 Å². The summed E-state index contributed by atoms with van der Waals surface area (Å²) < 4.78 is 79.4. The SMILES string of the molecule is CS(=O)(=O)c1ccc(CN2CCCN(C3CCN(c4nc(C(F)(F)F)ns4)CC3)C2=O)c(F)c1. The van der Waals surface area contributed by atoms with Crippen molar-refractivity contribution in [1.82, 2.24) is 19.2 Å². The Morgan fingerprint density at radius 1 is 1.15 bits per heavy atom. The van der Waals surface area contributed by atoms with Crippen molar-refractivity contribution in [1.29, 1.82) is 0 Å². The molecule has 2 aliphatic rings. The molecule has 8 nitrogen and oxygen atoms in total. The first-order valence-electron chi connectivity index (χ1n) is 10.6. The van der Waals surface area contributed by atoms with Gasteiger partial charge >= 0.3 is 12.2 Å². The van der Waals surface area contributed by atoms with Crippen LogP contribution in [-0.2, 0) is 22.6 Å². The number of urea groups is 1. The fourth-order valence-electron chi connectivity index (χ4n) is 4.21. The predicted octanol–water partition coefficient (Wildman–Crippen LogP) is 3.40. The van der Waals surface area contributed by atoms with Gasteiger partial charge in [0.1, 0.15) is 5.82 Å². The minimum Gasteiger partial charge on any atom is -0.347 e. The number of halogens is 4. The molecule has 14 heteroatoms. The van der Waals surface area contributed by atoms with Crippen molar-refractivity contribution in [2.45, 2.75) is 42.9 Å². The maximum Gasteiger partial charge on any atom is 0.452 e. The van der Waals surface area contributed by atoms with Gasteiger partial charge in [-0.2, -0.15) is 22.5 Å². The third kappa shape index (κ3) is 5.27. The lowest BCUT2D eigenvalue weighted by Crippen LogP contribution is -2.55. The van der Waals surface area contributed by atoms with E-state index in [4.69, 9.17) is 0 Å². The molecule has 0 radical (unpaired) electrons. The standard InChI is InChI=1S/C20H23F4N5O3S2/c1-34(31,32)15-4-3-13(16(21)11-15)12-28-7-2-8-29(19(28)30)14-5-9-27(10-6-14)18-25-17(26-33-18)20(22,23)24/h3-4,11,14H,2,5-10,12H2,1H3. The summed E-state index contributed by atoms with van der Waals surface area (Å²) in [6.45, 7) is 1.92. The van der Waals surface area contributed by atoms with Crippen molar-refractivity contribution in [2.24, 2.45) is 0 Å². The molecule has 0 bridgehead atoms. The van der Waals surface area contributed by atoms with Crippen LogP contribution in [0.1, 0.15) is 30.7 Å². The molecular formula is C20H23F4N5O3S2. The average Bonchev–Trinajstić information content (AvgIpc) is 3.27. The molecule has 2 saturated heterocycles. The van der Waals surface area contributed by atoms with Gasteiger partial charge in [0.2, 0.25) is 11.0 Å². The first-order chi connectivity index (χ1) is 15.9. The summed E-state index contributed by atoms with van der Waals surface area (Å²) in [5.74, 6) is -1.83. The van der Waals surface area contributed by atoms with Gasteiger partial charge in [0.15, 0.2) is 9.84 Å². The van der Waals surface area contributed by atoms with Crippen LogP contribution in [0.5, 0.6) is 0 Å². The average molecular weight is 522 g/mol. The molecule has 4 rings (SSSR count). The smallest absolute Gasteiger partial charge is 0.347 e. The third-order valence-corrected chi connectivity index (χ3v) is 7.89. The topological polar surface area (TPSA) is 86.7 Å². The number of alkyl halides is 3. The first-order valence-corrected chi connectivity index (χ1v) is 13.3. The molecule has 34 heavy (non-hydrogen) atoms. The maximum atomic E-state index is 14.5. The van der Waals surface area contributed by atoms with Gasteiger partial charge in [-0.05, 0) is 31.4 Å². The summed E-state index contributed by atoms with van der Waals surface area (Å²) in [5, 5.41) is 0.213. The van der Waals surface area contributed by atoms with Crippen molar-refractivity contribution in [3.8, 4) is 0 Å². The zero-order valence-electron chi connectivity index (χ0n) is 18.3. The lowest BCUT2D eigenvalue weighted by molar-refractivity contribution is -0.144. The van der Waals surface area contributed by atoms with Gasteiger partial charge in [0, 0.05) is 55.6 Å². The number of piperidine rings is 1. The van der Waals surface area contributed by atoms with Crippen LogP contribution in [0.4, 0.5) is 27.5 Å². The number of carbonyl (C=O) groups excluding carboxylic acids is 1. The number of amides is 2. The number of carbonyl (C=O) groups is 1. The Morgan fingerprint density at radius 3 is 2.44 bits per heavy atom. The van der Waals surface area contributed by atoms with Crippen LogP contribution < -0.4 is 4.90 Å². The Bertz CT molecular complexity index is 1160. The molecule has 1 aromatic carbocycles. The van der Waals surface area contributed by atoms with Gasteiger partial charge in [0.25, 0.3) is 0 Å². The van der Waals surface area contributed by atoms with Crippen molar-refractivity contribution >= 4 is 32.5 Å². The van der Waals surface area contributed by atoms with E-state index in [2.05, 4.69) is 9.36 Å². The lowest BCUT2D eigenvalue weighted by Gasteiger charge is -2.43. The number of hydrogen-bond acceptors (Lipinski definition) is 7. The second-order valence-electron chi connectivity index (χ2n) is 8.39. The second-order valence-corrected chi connectivity index (χ2v) is 11.1. The van der Waals surface area contributed by atoms with E-state index in [1.54, 1.807) is 9.80 Å². The molecule has 3 heterocycles. The van der Waals surface area contributed by atoms with Crippen LogP contribution >= 0.6 is 11.5 Å². The van der Waals surface area contributed by atoms with Gasteiger partial charge in [-0.25, -0.2) is 17.6 Å². The number of benzene rings is 1. The molecule has 0 atom stereocenters. The molecule has 2 aliphatic heterocycles. The Labute approximate surface area is 198 Å². The largest absolute Gasteiger partial charge is 0.452 e. The van der Waals surface area contributed by atoms with Gasteiger partial charge < -0.3 is 14.7 Å². The van der Waals surface area contributed by atoms with Crippen LogP contribution in [0.15, 0.2) is 23.1 Å². The molecule has 0 aliphatic carbocycles. The van der Waals surface area contributed by atoms with Crippen LogP contribution in [0, 0.1) is 5.82 Å². The minimum absolute atomic E-state index is 0.0229. The van der Waals surface area contributed by atoms with E-state index < -0.39 is 27.7 Å². The molecule has 186 valence electrons. The van der Waals surface area contributed by atoms with Crippen molar-refractivity contribution in [3.05, 3.63) is 35.4 Å². The number of sulfone groups is 1. The van der Waals surface area contributed by atoms with E-state index >= 15 is 0 Å². The molecule has 2 aromatic rings. The fraction of sp³-hybridized carbons (Fsp3) is 0.550. The summed E-state index contributed by atoms with van der Waals surface area (Å²) in [4.78, 5) is 21.6. The maximum absolute atomic E-state index is 14.5. The molecular weight excluding hydrogens is 498 g/mol. The molecule has 0 spiro atoms.